The molecule has 0 spiro atoms. The van der Waals surface area contributed by atoms with Crippen LogP contribution in [0, 0.1) is 14.0 Å². The minimum atomic E-state index is -2.72. The smallest absolute Gasteiger partial charge is 0.447 e. The number of nitrogens with one attached hydrogen (secondary N) is 2. The third kappa shape index (κ3) is 13.7. The summed E-state index contributed by atoms with van der Waals surface area (Å²) in [6, 6.07) is 0.526. The van der Waals surface area contributed by atoms with Crippen molar-refractivity contribution in [3.05, 3.63) is 14.0 Å². The Morgan fingerprint density at radius 3 is 1.82 bits per heavy atom. The van der Waals surface area contributed by atoms with Crippen LogP contribution in [0.15, 0.2) is 0 Å². The van der Waals surface area contributed by atoms with E-state index in [1.54, 1.807) is 0 Å². The summed E-state index contributed by atoms with van der Waals surface area (Å²) in [5.74, 6) is 0. The third-order valence-electron chi connectivity index (χ3n) is 3.33. The summed E-state index contributed by atoms with van der Waals surface area (Å²) >= 11 is 0. The van der Waals surface area contributed by atoms with E-state index >= 15 is 0 Å². The van der Waals surface area contributed by atoms with Crippen LogP contribution in [0.3, 0.4) is 0 Å². The van der Waals surface area contributed by atoms with Gasteiger partial charge in [0, 0.05) is 33.4 Å². The predicted octanol–water partition coefficient (Wildman–Crippen LogP) is 0.736. The molecular weight excluding hydrogens is 392 g/mol. The van der Waals surface area contributed by atoms with E-state index in [1.165, 1.54) is 14.2 Å². The van der Waals surface area contributed by atoms with Crippen molar-refractivity contribution in [1.82, 2.24) is 10.6 Å². The fourth-order valence-electron chi connectivity index (χ4n) is 1.89. The lowest BCUT2D eigenvalue weighted by molar-refractivity contribution is 0.0156. The van der Waals surface area contributed by atoms with E-state index in [4.69, 9.17) is 32.2 Å². The van der Waals surface area contributed by atoms with E-state index in [2.05, 4.69) is 24.7 Å². The first-order valence-corrected chi connectivity index (χ1v) is 10.8. The number of ether oxygens (including phenoxy) is 4. The Morgan fingerprint density at radius 1 is 0.857 bits per heavy atom. The first-order valence-electron chi connectivity index (χ1n) is 8.83. The Balaban J connectivity index is 3.45. The monoisotopic (exact) mass is 424 g/mol. The van der Waals surface area contributed by atoms with Crippen LogP contribution in [-0.4, -0.2) is 87.9 Å². The minimum Gasteiger partial charge on any atom is -0.447 e. The summed E-state index contributed by atoms with van der Waals surface area (Å²) < 4.78 is 35.7. The van der Waals surface area contributed by atoms with Gasteiger partial charge in [0.2, 0.25) is 0 Å². The van der Waals surface area contributed by atoms with Crippen molar-refractivity contribution < 1.29 is 41.8 Å². The summed E-state index contributed by atoms with van der Waals surface area (Å²) in [5, 5.41) is 5.01. The molecule has 2 amide bonds. The maximum Gasteiger partial charge on any atom is 0.500 e. The van der Waals surface area contributed by atoms with Crippen LogP contribution >= 0.6 is 0 Å². The number of carbonyl (C=O) groups excluding carboxylic acids is 2. The van der Waals surface area contributed by atoms with Gasteiger partial charge in [0.1, 0.15) is 13.2 Å². The molecule has 0 rings (SSSR count). The molecule has 0 bridgehead atoms. The SMILES string of the molecule is [CH2]CNC(=O)OCCOCCOCCOC(=O)NCCC[Si](O[CH2])(OC)OC. The molecule has 164 valence electrons. The average molecular weight is 425 g/mol. The quantitative estimate of drug-likeness (QED) is 0.257. The fourth-order valence-corrected chi connectivity index (χ4v) is 3.45. The standard InChI is InChI=1S/C16H32N2O9Si/c1-5-17-15(19)26-12-10-24-8-9-25-11-13-27-16(20)18-7-6-14-28(21-2,22-3)23-4/h1-2,5-14H2,3-4H3,(H,17,19)(H,18,20). The van der Waals surface area contributed by atoms with E-state index in [0.29, 0.717) is 32.2 Å². The number of carbonyl (C=O) groups is 2. The van der Waals surface area contributed by atoms with Gasteiger partial charge in [-0.25, -0.2) is 9.59 Å². The predicted molar refractivity (Wildman–Crippen MR) is 101 cm³/mol. The van der Waals surface area contributed by atoms with Crippen molar-refractivity contribution in [2.45, 2.75) is 12.5 Å². The Kier molecular flexibility index (Phi) is 16.7. The van der Waals surface area contributed by atoms with Crippen molar-refractivity contribution >= 4 is 21.0 Å². The summed E-state index contributed by atoms with van der Waals surface area (Å²) in [6.07, 6.45) is -0.456. The molecule has 0 unspecified atom stereocenters. The molecule has 0 atom stereocenters. The molecule has 0 fully saturated rings. The molecule has 2 N–H and O–H groups in total. The van der Waals surface area contributed by atoms with Crippen molar-refractivity contribution in [2.24, 2.45) is 0 Å². The second-order valence-corrected chi connectivity index (χ2v) is 8.16. The van der Waals surface area contributed by atoms with Gasteiger partial charge >= 0.3 is 21.0 Å². The topological polar surface area (TPSA) is 123 Å². The second kappa shape index (κ2) is 17.6. The molecule has 2 radical (unpaired) electrons. The molecule has 0 aliphatic heterocycles. The van der Waals surface area contributed by atoms with Gasteiger partial charge in [0.25, 0.3) is 0 Å². The lowest BCUT2D eigenvalue weighted by atomic mass is 10.5. The molecule has 0 aliphatic rings. The van der Waals surface area contributed by atoms with Gasteiger partial charge in [0.15, 0.2) is 0 Å². The molecule has 0 aliphatic carbocycles. The van der Waals surface area contributed by atoms with E-state index < -0.39 is 21.0 Å². The number of hydrogen-bond acceptors (Lipinski definition) is 9. The molecule has 0 aromatic carbocycles. The Hall–Kier alpha value is -1.44. The number of hydrogen-bond donors (Lipinski definition) is 2. The lowest BCUT2D eigenvalue weighted by Crippen LogP contribution is -2.42. The zero-order valence-electron chi connectivity index (χ0n) is 16.7. The van der Waals surface area contributed by atoms with Crippen molar-refractivity contribution in [3.63, 3.8) is 0 Å². The molecule has 12 heteroatoms. The average Bonchev–Trinajstić information content (AvgIpc) is 2.70. The number of rotatable bonds is 17. The van der Waals surface area contributed by atoms with Gasteiger partial charge in [0.05, 0.1) is 33.5 Å². The molecule has 0 aromatic heterocycles. The van der Waals surface area contributed by atoms with E-state index in [-0.39, 0.29) is 33.0 Å². The minimum absolute atomic E-state index is 0.122. The highest BCUT2D eigenvalue weighted by Crippen LogP contribution is 2.14. The number of amides is 2. The molecule has 0 saturated heterocycles. The Bertz CT molecular complexity index is 403. The van der Waals surface area contributed by atoms with Crippen molar-refractivity contribution in [3.8, 4) is 0 Å². The molecule has 0 aromatic rings. The molecule has 28 heavy (non-hydrogen) atoms. The van der Waals surface area contributed by atoms with Gasteiger partial charge in [-0.3, -0.25) is 0 Å². The van der Waals surface area contributed by atoms with Gasteiger partial charge < -0.3 is 42.9 Å². The van der Waals surface area contributed by atoms with Gasteiger partial charge in [-0.05, 0) is 13.3 Å². The summed E-state index contributed by atoms with van der Waals surface area (Å²) in [4.78, 5) is 22.5. The first-order chi connectivity index (χ1) is 13.5. The van der Waals surface area contributed by atoms with Crippen LogP contribution in [0.4, 0.5) is 9.59 Å². The normalized spacial score (nSPS) is 11.1. The molecule has 0 heterocycles. The van der Waals surface area contributed by atoms with Crippen LogP contribution in [-0.2, 0) is 32.2 Å². The maximum atomic E-state index is 11.5. The second-order valence-electron chi connectivity index (χ2n) is 5.19. The van der Waals surface area contributed by atoms with Crippen LogP contribution < -0.4 is 10.6 Å². The molecule has 0 saturated carbocycles. The zero-order valence-corrected chi connectivity index (χ0v) is 17.7. The number of alkyl carbamates (subject to hydrolysis) is 2. The van der Waals surface area contributed by atoms with Crippen LogP contribution in [0.5, 0.6) is 0 Å². The highest BCUT2D eigenvalue weighted by Gasteiger charge is 2.36. The summed E-state index contributed by atoms with van der Waals surface area (Å²) in [7, 11) is 3.66. The highest BCUT2D eigenvalue weighted by molar-refractivity contribution is 6.60. The van der Waals surface area contributed by atoms with Gasteiger partial charge in [-0.1, -0.05) is 0 Å². The van der Waals surface area contributed by atoms with Crippen LogP contribution in [0.25, 0.3) is 0 Å². The van der Waals surface area contributed by atoms with E-state index in [0.717, 1.165) is 0 Å². The highest BCUT2D eigenvalue weighted by atomic mass is 28.4. The Morgan fingerprint density at radius 2 is 1.36 bits per heavy atom. The Labute approximate surface area is 167 Å². The summed E-state index contributed by atoms with van der Waals surface area (Å²) in [5.41, 5.74) is 0. The van der Waals surface area contributed by atoms with Gasteiger partial charge in [-0.15, -0.1) is 0 Å². The van der Waals surface area contributed by atoms with Crippen molar-refractivity contribution in [1.29, 1.82) is 0 Å². The van der Waals surface area contributed by atoms with E-state index in [1.807, 2.05) is 0 Å². The maximum absolute atomic E-state index is 11.5. The zero-order chi connectivity index (χ0) is 21.1. The van der Waals surface area contributed by atoms with Crippen molar-refractivity contribution in [2.75, 3.05) is 67.0 Å². The van der Waals surface area contributed by atoms with Crippen LogP contribution in [0.2, 0.25) is 6.04 Å². The van der Waals surface area contributed by atoms with Gasteiger partial charge in [-0.2, -0.15) is 0 Å². The third-order valence-corrected chi connectivity index (χ3v) is 5.98. The largest absolute Gasteiger partial charge is 0.500 e. The van der Waals surface area contributed by atoms with E-state index in [9.17, 15) is 9.59 Å². The first kappa shape index (κ1) is 26.6. The van der Waals surface area contributed by atoms with Crippen LogP contribution in [0.1, 0.15) is 6.42 Å². The fraction of sp³-hybridized carbons (Fsp3) is 0.750. The summed E-state index contributed by atoms with van der Waals surface area (Å²) in [6.45, 7) is 5.58. The molecular formula is C16H32N2O9Si. The molecule has 11 nitrogen and oxygen atoms in total. The lowest BCUT2D eigenvalue weighted by Gasteiger charge is -2.23.